The van der Waals surface area contributed by atoms with Gasteiger partial charge in [-0.15, -0.1) is 0 Å². The largest absolute Gasteiger partial charge is 0.390 e. The van der Waals surface area contributed by atoms with Gasteiger partial charge in [-0.3, -0.25) is 19.1 Å². The molecule has 1 saturated heterocycles. The van der Waals surface area contributed by atoms with E-state index in [1.54, 1.807) is 6.92 Å². The number of amides is 1. The van der Waals surface area contributed by atoms with E-state index >= 15 is 0 Å². The Morgan fingerprint density at radius 1 is 1.62 bits per heavy atom. The summed E-state index contributed by atoms with van der Waals surface area (Å²) in [6.07, 6.45) is -0.408. The maximum atomic E-state index is 11.8. The van der Waals surface area contributed by atoms with E-state index in [0.29, 0.717) is 9.99 Å². The third kappa shape index (κ3) is 3.71. The van der Waals surface area contributed by atoms with Gasteiger partial charge in [-0.2, -0.15) is 0 Å². The number of carbonyl (C=O) groups is 1. The van der Waals surface area contributed by atoms with Gasteiger partial charge in [-0.25, -0.2) is 4.79 Å². The van der Waals surface area contributed by atoms with E-state index in [4.69, 9.17) is 4.74 Å². The molecule has 1 aromatic heterocycles. The quantitative estimate of drug-likeness (QED) is 0.438. The van der Waals surface area contributed by atoms with Gasteiger partial charge in [0.25, 0.3) is 5.56 Å². The average Bonchev–Trinajstić information content (AvgIpc) is 2.81. The molecule has 0 saturated carbocycles. The Morgan fingerprint density at radius 3 is 3.00 bits per heavy atom. The van der Waals surface area contributed by atoms with Crippen LogP contribution in [0.15, 0.2) is 15.8 Å². The highest BCUT2D eigenvalue weighted by Crippen LogP contribution is 2.27. The number of H-pyrrole nitrogens is 1. The van der Waals surface area contributed by atoms with Crippen molar-refractivity contribution in [1.82, 2.24) is 14.9 Å². The van der Waals surface area contributed by atoms with Crippen molar-refractivity contribution < 1.29 is 14.6 Å². The normalized spacial score (nSPS) is 25.0. The third-order valence-corrected chi connectivity index (χ3v) is 3.97. The Bertz CT molecular complexity index is 641. The first-order valence-electron chi connectivity index (χ1n) is 6.40. The molecule has 1 aliphatic rings. The van der Waals surface area contributed by atoms with Crippen molar-refractivity contribution in [3.63, 3.8) is 0 Å². The first kappa shape index (κ1) is 16.2. The number of ether oxygens (including phenoxy) is 1. The van der Waals surface area contributed by atoms with Crippen LogP contribution in [-0.4, -0.2) is 43.7 Å². The number of hydrogen-bond acceptors (Lipinski definition) is 5. The molecule has 116 valence electrons. The Balaban J connectivity index is 2.10. The van der Waals surface area contributed by atoms with Crippen LogP contribution in [0.2, 0.25) is 0 Å². The number of nitrogens with zero attached hydrogens (tertiary/aromatic N) is 1. The van der Waals surface area contributed by atoms with Crippen molar-refractivity contribution in [3.8, 4) is 0 Å². The van der Waals surface area contributed by atoms with Crippen LogP contribution in [0, 0.1) is 6.92 Å². The zero-order valence-corrected chi connectivity index (χ0v) is 13.5. The minimum atomic E-state index is -0.788. The molecule has 1 aromatic rings. The number of aliphatic hydroxyl groups excluding tert-OH is 1. The highest BCUT2D eigenvalue weighted by molar-refractivity contribution is 14.1. The highest BCUT2D eigenvalue weighted by Gasteiger charge is 2.35. The number of carbonyl (C=O) groups excluding carboxylic acids is 1. The van der Waals surface area contributed by atoms with Crippen LogP contribution in [0.4, 0.5) is 0 Å². The van der Waals surface area contributed by atoms with E-state index in [1.807, 2.05) is 22.6 Å². The number of hydrogen-bond donors (Lipinski definition) is 3. The molecule has 1 fully saturated rings. The van der Waals surface area contributed by atoms with Gasteiger partial charge in [0.05, 0.1) is 10.5 Å². The number of halogens is 1. The molecule has 1 aliphatic heterocycles. The standard InChI is InChI=1S/C12H16IN3O5/c1-6-5-16(12(20)15-11(6)19)10-2-7(17)8(21-10)4-14-9(18)3-13/h5,7-8,10,17H,2-4H2,1H3,(H,14,18)(H,15,19,20)/t7-,8+,10+/m0/s1. The lowest BCUT2D eigenvalue weighted by molar-refractivity contribution is -0.119. The van der Waals surface area contributed by atoms with Crippen LogP contribution in [-0.2, 0) is 9.53 Å². The van der Waals surface area contributed by atoms with Gasteiger partial charge in [-0.1, -0.05) is 22.6 Å². The van der Waals surface area contributed by atoms with Crippen molar-refractivity contribution in [1.29, 1.82) is 0 Å². The molecule has 21 heavy (non-hydrogen) atoms. The average molecular weight is 409 g/mol. The van der Waals surface area contributed by atoms with Gasteiger partial charge in [0.1, 0.15) is 12.3 Å². The molecule has 0 spiro atoms. The summed E-state index contributed by atoms with van der Waals surface area (Å²) in [7, 11) is 0. The molecule has 3 atom stereocenters. The van der Waals surface area contributed by atoms with Crippen LogP contribution in [0.5, 0.6) is 0 Å². The number of rotatable bonds is 4. The number of nitrogens with one attached hydrogen (secondary N) is 2. The molecule has 1 amide bonds. The maximum absolute atomic E-state index is 11.8. The molecule has 3 N–H and O–H groups in total. The minimum Gasteiger partial charge on any atom is -0.390 e. The molecule has 0 aliphatic carbocycles. The Hall–Kier alpha value is -1.20. The molecule has 2 rings (SSSR count). The van der Waals surface area contributed by atoms with E-state index < -0.39 is 29.7 Å². The smallest absolute Gasteiger partial charge is 0.330 e. The number of aromatic nitrogens is 2. The zero-order valence-electron chi connectivity index (χ0n) is 11.3. The molecule has 0 aromatic carbocycles. The fraction of sp³-hybridized carbons (Fsp3) is 0.583. The van der Waals surface area contributed by atoms with Gasteiger partial charge in [-0.05, 0) is 6.92 Å². The van der Waals surface area contributed by atoms with Crippen LogP contribution in [0.1, 0.15) is 18.2 Å². The molecule has 9 heteroatoms. The van der Waals surface area contributed by atoms with E-state index in [2.05, 4.69) is 10.3 Å². The summed E-state index contributed by atoms with van der Waals surface area (Å²) < 4.78 is 7.18. The predicted molar refractivity (Wildman–Crippen MR) is 82.5 cm³/mol. The summed E-state index contributed by atoms with van der Waals surface area (Å²) in [5, 5.41) is 12.6. The van der Waals surface area contributed by atoms with Crippen molar-refractivity contribution in [2.75, 3.05) is 11.0 Å². The first-order valence-corrected chi connectivity index (χ1v) is 7.93. The van der Waals surface area contributed by atoms with Crippen molar-refractivity contribution >= 4 is 28.5 Å². The predicted octanol–water partition coefficient (Wildman–Crippen LogP) is -0.955. The van der Waals surface area contributed by atoms with Gasteiger partial charge < -0.3 is 15.2 Å². The lowest BCUT2D eigenvalue weighted by atomic mass is 10.2. The second-order valence-corrected chi connectivity index (χ2v) is 5.61. The molecular formula is C12H16IN3O5. The molecule has 2 heterocycles. The van der Waals surface area contributed by atoms with Crippen molar-refractivity contribution in [2.24, 2.45) is 0 Å². The van der Waals surface area contributed by atoms with Crippen LogP contribution >= 0.6 is 22.6 Å². The SMILES string of the molecule is Cc1cn([C@H]2C[C@H](O)[C@@H](CNC(=O)CI)O2)c(=O)[nH]c1=O. The van der Waals surface area contributed by atoms with Gasteiger partial charge in [0, 0.05) is 24.7 Å². The fourth-order valence-corrected chi connectivity index (χ4v) is 2.40. The fourth-order valence-electron chi connectivity index (χ4n) is 2.13. The lowest BCUT2D eigenvalue weighted by Crippen LogP contribution is -2.37. The van der Waals surface area contributed by atoms with E-state index in [1.165, 1.54) is 10.8 Å². The molecule has 8 nitrogen and oxygen atoms in total. The second kappa shape index (κ2) is 6.71. The minimum absolute atomic E-state index is 0.146. The topological polar surface area (TPSA) is 113 Å². The lowest BCUT2D eigenvalue weighted by Gasteiger charge is -2.16. The third-order valence-electron chi connectivity index (χ3n) is 3.28. The molecule has 0 unspecified atom stereocenters. The summed E-state index contributed by atoms with van der Waals surface area (Å²) in [5.41, 5.74) is -0.644. The van der Waals surface area contributed by atoms with Crippen molar-refractivity contribution in [2.45, 2.75) is 31.8 Å². The van der Waals surface area contributed by atoms with Crippen LogP contribution in [0.3, 0.4) is 0 Å². The van der Waals surface area contributed by atoms with Gasteiger partial charge >= 0.3 is 5.69 Å². The summed E-state index contributed by atoms with van der Waals surface area (Å²) in [6.45, 7) is 1.76. The second-order valence-electron chi connectivity index (χ2n) is 4.85. The number of aromatic amines is 1. The first-order chi connectivity index (χ1) is 9.92. The van der Waals surface area contributed by atoms with Gasteiger partial charge in [0.2, 0.25) is 5.91 Å². The molecule has 0 bridgehead atoms. The number of alkyl halides is 1. The maximum Gasteiger partial charge on any atom is 0.330 e. The Kier molecular flexibility index (Phi) is 5.17. The monoisotopic (exact) mass is 409 g/mol. The van der Waals surface area contributed by atoms with Crippen LogP contribution in [0.25, 0.3) is 0 Å². The Morgan fingerprint density at radius 2 is 2.33 bits per heavy atom. The Labute approximate surface area is 133 Å². The number of aryl methyl sites for hydroxylation is 1. The number of aliphatic hydroxyl groups is 1. The molecular weight excluding hydrogens is 393 g/mol. The zero-order chi connectivity index (χ0) is 15.6. The van der Waals surface area contributed by atoms with Crippen molar-refractivity contribution in [3.05, 3.63) is 32.6 Å². The summed E-state index contributed by atoms with van der Waals surface area (Å²) >= 11 is 1.94. The summed E-state index contributed by atoms with van der Waals surface area (Å²) in [5.74, 6) is -0.146. The van der Waals surface area contributed by atoms with E-state index in [0.717, 1.165) is 0 Å². The molecule has 0 radical (unpaired) electrons. The summed E-state index contributed by atoms with van der Waals surface area (Å²) in [6, 6.07) is 0. The van der Waals surface area contributed by atoms with Crippen LogP contribution < -0.4 is 16.6 Å². The van der Waals surface area contributed by atoms with E-state index in [-0.39, 0.29) is 18.9 Å². The van der Waals surface area contributed by atoms with E-state index in [9.17, 15) is 19.5 Å². The van der Waals surface area contributed by atoms with Gasteiger partial charge in [0.15, 0.2) is 0 Å². The summed E-state index contributed by atoms with van der Waals surface area (Å²) in [4.78, 5) is 36.5. The highest BCUT2D eigenvalue weighted by atomic mass is 127.